The van der Waals surface area contributed by atoms with Crippen LogP contribution in [0.3, 0.4) is 0 Å². The first-order valence-electron chi connectivity index (χ1n) is 7.34. The third kappa shape index (κ3) is 3.48. The molecule has 0 aliphatic rings. The summed E-state index contributed by atoms with van der Waals surface area (Å²) in [4.78, 5) is 16.6. The number of aromatic nitrogens is 2. The van der Waals surface area contributed by atoms with Crippen LogP contribution in [0.15, 0.2) is 53.7 Å². The summed E-state index contributed by atoms with van der Waals surface area (Å²) in [5, 5.41) is 13.0. The second kappa shape index (κ2) is 6.75. The zero-order chi connectivity index (χ0) is 16.2. The maximum atomic E-state index is 12.1. The van der Waals surface area contributed by atoms with Gasteiger partial charge in [0.1, 0.15) is 5.75 Å². The monoisotopic (exact) mass is 327 g/mol. The van der Waals surface area contributed by atoms with Gasteiger partial charge in [-0.2, -0.15) is 0 Å². The number of hydrogen-bond donors (Lipinski definition) is 2. The van der Waals surface area contributed by atoms with Crippen LogP contribution in [-0.2, 0) is 11.3 Å². The number of rotatable bonds is 5. The van der Waals surface area contributed by atoms with E-state index < -0.39 is 0 Å². The van der Waals surface area contributed by atoms with Crippen LogP contribution < -0.4 is 5.32 Å². The summed E-state index contributed by atoms with van der Waals surface area (Å²) >= 11 is 1.41. The van der Waals surface area contributed by atoms with E-state index in [1.807, 2.05) is 24.3 Å². The zero-order valence-electron chi connectivity index (χ0n) is 12.7. The molecule has 3 aromatic rings. The first-order valence-corrected chi connectivity index (χ1v) is 8.33. The Balaban J connectivity index is 1.69. The van der Waals surface area contributed by atoms with E-state index in [1.54, 1.807) is 18.2 Å². The lowest BCUT2D eigenvalue weighted by atomic mass is 10.3. The number of fused-ring (bicyclic) bond motifs is 1. The summed E-state index contributed by atoms with van der Waals surface area (Å²) < 4.78 is 2.10. The molecule has 0 unspecified atom stereocenters. The molecule has 1 heterocycles. The summed E-state index contributed by atoms with van der Waals surface area (Å²) in [6.07, 6.45) is 0. The Morgan fingerprint density at radius 1 is 1.26 bits per heavy atom. The number of phenols is 1. The molecule has 0 bridgehead atoms. The van der Waals surface area contributed by atoms with Crippen molar-refractivity contribution in [1.82, 2.24) is 9.55 Å². The van der Waals surface area contributed by atoms with Crippen LogP contribution in [0.2, 0.25) is 0 Å². The number of anilines is 1. The summed E-state index contributed by atoms with van der Waals surface area (Å²) in [7, 11) is 0. The van der Waals surface area contributed by atoms with Crippen LogP contribution in [0.4, 0.5) is 5.69 Å². The normalized spacial score (nSPS) is 10.8. The summed E-state index contributed by atoms with van der Waals surface area (Å²) in [5.41, 5.74) is 2.59. The van der Waals surface area contributed by atoms with Gasteiger partial charge in [0.15, 0.2) is 5.16 Å². The van der Waals surface area contributed by atoms with Gasteiger partial charge in [0.05, 0.1) is 16.8 Å². The Bertz CT molecular complexity index is 845. The van der Waals surface area contributed by atoms with E-state index in [0.29, 0.717) is 5.69 Å². The fourth-order valence-corrected chi connectivity index (χ4v) is 3.26. The molecule has 2 aromatic carbocycles. The fraction of sp³-hybridized carbons (Fsp3) is 0.176. The Morgan fingerprint density at radius 3 is 2.87 bits per heavy atom. The lowest BCUT2D eigenvalue weighted by molar-refractivity contribution is -0.113. The number of phenolic OH excluding ortho intramolecular Hbond substituents is 1. The number of aromatic hydroxyl groups is 1. The standard InChI is InChI=1S/C17H17N3O2S/c1-2-20-15-9-4-3-8-14(15)19-17(20)23-11-16(22)18-12-6-5-7-13(21)10-12/h3-10,21H,2,11H2,1H3,(H,18,22). The largest absolute Gasteiger partial charge is 0.508 e. The Hall–Kier alpha value is -2.47. The van der Waals surface area contributed by atoms with E-state index in [4.69, 9.17) is 0 Å². The molecular formula is C17H17N3O2S. The highest BCUT2D eigenvalue weighted by molar-refractivity contribution is 7.99. The number of hydrogen-bond acceptors (Lipinski definition) is 4. The smallest absolute Gasteiger partial charge is 0.234 e. The van der Waals surface area contributed by atoms with E-state index in [9.17, 15) is 9.90 Å². The molecule has 0 aliphatic carbocycles. The first kappa shape index (κ1) is 15.4. The molecule has 2 N–H and O–H groups in total. The van der Waals surface area contributed by atoms with Gasteiger partial charge in [0.25, 0.3) is 0 Å². The van der Waals surface area contributed by atoms with Crippen molar-refractivity contribution >= 4 is 34.4 Å². The van der Waals surface area contributed by atoms with Crippen molar-refractivity contribution in [1.29, 1.82) is 0 Å². The quantitative estimate of drug-likeness (QED) is 0.704. The molecule has 118 valence electrons. The second-order valence-electron chi connectivity index (χ2n) is 5.01. The number of thioether (sulfide) groups is 1. The van der Waals surface area contributed by atoms with Crippen molar-refractivity contribution in [3.8, 4) is 5.75 Å². The predicted octanol–water partition coefficient (Wildman–Crippen LogP) is 3.49. The number of carbonyl (C=O) groups excluding carboxylic acids is 1. The van der Waals surface area contributed by atoms with E-state index in [-0.39, 0.29) is 17.4 Å². The molecule has 0 saturated carbocycles. The lowest BCUT2D eigenvalue weighted by Crippen LogP contribution is -2.14. The third-order valence-electron chi connectivity index (χ3n) is 3.40. The van der Waals surface area contributed by atoms with Crippen LogP contribution in [0, 0.1) is 0 Å². The van der Waals surface area contributed by atoms with E-state index in [2.05, 4.69) is 21.8 Å². The van der Waals surface area contributed by atoms with Crippen LogP contribution in [0.5, 0.6) is 5.75 Å². The highest BCUT2D eigenvalue weighted by Crippen LogP contribution is 2.24. The van der Waals surface area contributed by atoms with Crippen LogP contribution in [-0.4, -0.2) is 26.3 Å². The molecule has 1 aromatic heterocycles. The van der Waals surface area contributed by atoms with Crippen molar-refractivity contribution in [2.45, 2.75) is 18.6 Å². The van der Waals surface area contributed by atoms with Crippen LogP contribution >= 0.6 is 11.8 Å². The number of benzene rings is 2. The molecule has 0 radical (unpaired) electrons. The minimum atomic E-state index is -0.129. The first-order chi connectivity index (χ1) is 11.2. The van der Waals surface area contributed by atoms with Crippen molar-refractivity contribution in [2.75, 3.05) is 11.1 Å². The average molecular weight is 327 g/mol. The van der Waals surface area contributed by atoms with Gasteiger partial charge < -0.3 is 15.0 Å². The number of imidazole rings is 1. The van der Waals surface area contributed by atoms with Crippen LogP contribution in [0.1, 0.15) is 6.92 Å². The molecule has 6 heteroatoms. The summed E-state index contributed by atoms with van der Waals surface area (Å²) in [5.74, 6) is 0.262. The minimum absolute atomic E-state index is 0.128. The number of aryl methyl sites for hydroxylation is 1. The molecule has 0 aliphatic heterocycles. The Kier molecular flexibility index (Phi) is 4.52. The van der Waals surface area contributed by atoms with Crippen molar-refractivity contribution < 1.29 is 9.90 Å². The Morgan fingerprint density at radius 2 is 2.09 bits per heavy atom. The summed E-state index contributed by atoms with van der Waals surface area (Å²) in [6, 6.07) is 14.5. The molecule has 0 spiro atoms. The minimum Gasteiger partial charge on any atom is -0.508 e. The van der Waals surface area contributed by atoms with Gasteiger partial charge in [0, 0.05) is 18.3 Å². The van der Waals surface area contributed by atoms with Gasteiger partial charge in [-0.25, -0.2) is 4.98 Å². The molecule has 5 nitrogen and oxygen atoms in total. The molecule has 0 atom stereocenters. The van der Waals surface area contributed by atoms with Gasteiger partial charge >= 0.3 is 0 Å². The molecule has 3 rings (SSSR count). The maximum absolute atomic E-state index is 12.1. The van der Waals surface area contributed by atoms with E-state index in [1.165, 1.54) is 17.8 Å². The SMILES string of the molecule is CCn1c(SCC(=O)Nc2cccc(O)c2)nc2ccccc21. The highest BCUT2D eigenvalue weighted by atomic mass is 32.2. The Labute approximate surface area is 138 Å². The molecule has 23 heavy (non-hydrogen) atoms. The number of nitrogens with zero attached hydrogens (tertiary/aromatic N) is 2. The van der Waals surface area contributed by atoms with Crippen LogP contribution in [0.25, 0.3) is 11.0 Å². The maximum Gasteiger partial charge on any atom is 0.234 e. The lowest BCUT2D eigenvalue weighted by Gasteiger charge is -2.07. The number of nitrogens with one attached hydrogen (secondary N) is 1. The third-order valence-corrected chi connectivity index (χ3v) is 4.37. The van der Waals surface area contributed by atoms with Gasteiger partial charge in [-0.05, 0) is 31.2 Å². The topological polar surface area (TPSA) is 67.2 Å². The van der Waals surface area contributed by atoms with E-state index >= 15 is 0 Å². The molecular weight excluding hydrogens is 310 g/mol. The predicted molar refractivity (Wildman–Crippen MR) is 92.9 cm³/mol. The van der Waals surface area contributed by atoms with Gasteiger partial charge in [-0.15, -0.1) is 0 Å². The number of carbonyl (C=O) groups is 1. The summed E-state index contributed by atoms with van der Waals surface area (Å²) in [6.45, 7) is 2.86. The van der Waals surface area contributed by atoms with Crippen molar-refractivity contribution in [3.05, 3.63) is 48.5 Å². The van der Waals surface area contributed by atoms with Gasteiger partial charge in [-0.1, -0.05) is 30.0 Å². The van der Waals surface area contributed by atoms with Gasteiger partial charge in [-0.3, -0.25) is 4.79 Å². The highest BCUT2D eigenvalue weighted by Gasteiger charge is 2.12. The average Bonchev–Trinajstić information content (AvgIpc) is 2.90. The molecule has 0 saturated heterocycles. The second-order valence-corrected chi connectivity index (χ2v) is 5.96. The number of para-hydroxylation sites is 2. The zero-order valence-corrected chi connectivity index (χ0v) is 13.5. The number of amides is 1. The van der Waals surface area contributed by atoms with Crippen molar-refractivity contribution in [2.24, 2.45) is 0 Å². The molecule has 1 amide bonds. The fourth-order valence-electron chi connectivity index (χ4n) is 2.38. The molecule has 0 fully saturated rings. The van der Waals surface area contributed by atoms with E-state index in [0.717, 1.165) is 22.7 Å². The van der Waals surface area contributed by atoms with Crippen molar-refractivity contribution in [3.63, 3.8) is 0 Å². The van der Waals surface area contributed by atoms with Gasteiger partial charge in [0.2, 0.25) is 5.91 Å².